The molecule has 0 radical (unpaired) electrons. The van der Waals surface area contributed by atoms with Gasteiger partial charge in [0.15, 0.2) is 5.11 Å². The van der Waals surface area contributed by atoms with Crippen LogP contribution in [0.2, 0.25) is 5.02 Å². The van der Waals surface area contributed by atoms with Gasteiger partial charge in [-0.1, -0.05) is 35.9 Å². The van der Waals surface area contributed by atoms with Gasteiger partial charge >= 0.3 is 0 Å². The SMILES string of the molecule is O=C(NC(=S)Nc1ccc(N2CCN(C(=O)c3ccccc3)CC2)c(Cl)c1)c1cccc(I)c1. The van der Waals surface area contributed by atoms with Crippen molar-refractivity contribution in [3.05, 3.63) is 92.5 Å². The average Bonchev–Trinajstić information content (AvgIpc) is 2.84. The molecule has 6 nitrogen and oxygen atoms in total. The van der Waals surface area contributed by atoms with Crippen LogP contribution in [-0.4, -0.2) is 48.0 Å². The molecule has 4 rings (SSSR count). The number of thiocarbonyl (C=S) groups is 1. The third-order valence-corrected chi connectivity index (χ3v) is 6.63. The van der Waals surface area contributed by atoms with E-state index in [2.05, 4.69) is 38.1 Å². The summed E-state index contributed by atoms with van der Waals surface area (Å²) in [6.07, 6.45) is 0. The molecule has 0 aromatic heterocycles. The van der Waals surface area contributed by atoms with Gasteiger partial charge in [-0.3, -0.25) is 14.9 Å². The van der Waals surface area contributed by atoms with E-state index in [9.17, 15) is 9.59 Å². The molecular formula is C25H22ClIN4O2S. The molecule has 34 heavy (non-hydrogen) atoms. The number of nitrogens with one attached hydrogen (secondary N) is 2. The number of carbonyl (C=O) groups is 2. The summed E-state index contributed by atoms with van der Waals surface area (Å²) in [7, 11) is 0. The van der Waals surface area contributed by atoms with Gasteiger partial charge in [-0.25, -0.2) is 0 Å². The normalized spacial score (nSPS) is 13.4. The predicted octanol–water partition coefficient (Wildman–Crippen LogP) is 5.03. The van der Waals surface area contributed by atoms with Crippen molar-refractivity contribution >= 4 is 74.7 Å². The van der Waals surface area contributed by atoms with Crippen LogP contribution in [-0.2, 0) is 0 Å². The van der Waals surface area contributed by atoms with Crippen molar-refractivity contribution < 1.29 is 9.59 Å². The molecule has 1 aliphatic rings. The topological polar surface area (TPSA) is 64.7 Å². The Morgan fingerprint density at radius 2 is 1.59 bits per heavy atom. The van der Waals surface area contributed by atoms with E-state index < -0.39 is 0 Å². The molecule has 0 bridgehead atoms. The molecule has 3 aromatic rings. The zero-order valence-electron chi connectivity index (χ0n) is 18.1. The number of hydrogen-bond donors (Lipinski definition) is 2. The largest absolute Gasteiger partial charge is 0.367 e. The van der Waals surface area contributed by atoms with Gasteiger partial charge in [0.25, 0.3) is 11.8 Å². The van der Waals surface area contributed by atoms with E-state index in [1.165, 1.54) is 0 Å². The van der Waals surface area contributed by atoms with Crippen LogP contribution in [0.3, 0.4) is 0 Å². The molecular weight excluding hydrogens is 583 g/mol. The highest BCUT2D eigenvalue weighted by molar-refractivity contribution is 14.1. The number of halogens is 2. The van der Waals surface area contributed by atoms with E-state index in [0.29, 0.717) is 48.0 Å². The van der Waals surface area contributed by atoms with Crippen LogP contribution < -0.4 is 15.5 Å². The van der Waals surface area contributed by atoms with E-state index in [1.807, 2.05) is 59.5 Å². The van der Waals surface area contributed by atoms with Crippen molar-refractivity contribution in [1.29, 1.82) is 0 Å². The first-order valence-electron chi connectivity index (χ1n) is 10.7. The molecule has 0 aliphatic carbocycles. The van der Waals surface area contributed by atoms with Gasteiger partial charge in [-0.2, -0.15) is 0 Å². The molecule has 174 valence electrons. The molecule has 0 spiro atoms. The first-order valence-corrected chi connectivity index (χ1v) is 12.5. The van der Waals surface area contributed by atoms with Crippen LogP contribution in [0.25, 0.3) is 0 Å². The Kier molecular flexibility index (Phi) is 8.02. The van der Waals surface area contributed by atoms with Gasteiger partial charge in [-0.15, -0.1) is 0 Å². The van der Waals surface area contributed by atoms with E-state index >= 15 is 0 Å². The molecule has 0 atom stereocenters. The third kappa shape index (κ3) is 6.05. The summed E-state index contributed by atoms with van der Waals surface area (Å²) in [4.78, 5) is 29.1. The Morgan fingerprint density at radius 3 is 2.26 bits per heavy atom. The minimum atomic E-state index is -0.276. The zero-order chi connectivity index (χ0) is 24.1. The quantitative estimate of drug-likeness (QED) is 0.323. The summed E-state index contributed by atoms with van der Waals surface area (Å²) >= 11 is 14.0. The van der Waals surface area contributed by atoms with E-state index in [4.69, 9.17) is 23.8 Å². The molecule has 1 saturated heterocycles. The lowest BCUT2D eigenvalue weighted by molar-refractivity contribution is 0.0746. The number of amides is 2. The number of nitrogens with zero attached hydrogens (tertiary/aromatic N) is 2. The third-order valence-electron chi connectivity index (χ3n) is 5.45. The fourth-order valence-electron chi connectivity index (χ4n) is 3.72. The minimum absolute atomic E-state index is 0.0478. The lowest BCUT2D eigenvalue weighted by atomic mass is 10.1. The highest BCUT2D eigenvalue weighted by Gasteiger charge is 2.23. The maximum Gasteiger partial charge on any atom is 0.257 e. The second-order valence-electron chi connectivity index (χ2n) is 7.73. The van der Waals surface area contributed by atoms with Crippen LogP contribution >= 0.6 is 46.4 Å². The van der Waals surface area contributed by atoms with Crippen LogP contribution in [0.4, 0.5) is 11.4 Å². The van der Waals surface area contributed by atoms with Gasteiger partial charge < -0.3 is 15.1 Å². The van der Waals surface area contributed by atoms with E-state index in [0.717, 1.165) is 9.26 Å². The number of hydrogen-bond acceptors (Lipinski definition) is 4. The van der Waals surface area contributed by atoms with Crippen molar-refractivity contribution in [1.82, 2.24) is 10.2 Å². The minimum Gasteiger partial charge on any atom is -0.367 e. The van der Waals surface area contributed by atoms with Crippen molar-refractivity contribution in [3.63, 3.8) is 0 Å². The molecule has 9 heteroatoms. The van der Waals surface area contributed by atoms with Gasteiger partial charge in [0.1, 0.15) is 0 Å². The second kappa shape index (κ2) is 11.2. The molecule has 2 amide bonds. The first kappa shape index (κ1) is 24.4. The molecule has 0 saturated carbocycles. The monoisotopic (exact) mass is 604 g/mol. The summed E-state index contributed by atoms with van der Waals surface area (Å²) in [6.45, 7) is 2.63. The smallest absolute Gasteiger partial charge is 0.257 e. The highest BCUT2D eigenvalue weighted by atomic mass is 127. The van der Waals surface area contributed by atoms with E-state index in [-0.39, 0.29) is 16.9 Å². The number of piperazine rings is 1. The molecule has 1 fully saturated rings. The predicted molar refractivity (Wildman–Crippen MR) is 149 cm³/mol. The first-order chi connectivity index (χ1) is 16.4. The summed E-state index contributed by atoms with van der Waals surface area (Å²) in [5, 5.41) is 6.46. The van der Waals surface area contributed by atoms with Gasteiger partial charge in [0.2, 0.25) is 0 Å². The van der Waals surface area contributed by atoms with Crippen molar-refractivity contribution in [2.75, 3.05) is 36.4 Å². The molecule has 1 heterocycles. The van der Waals surface area contributed by atoms with Crippen molar-refractivity contribution in [2.24, 2.45) is 0 Å². The summed E-state index contributed by atoms with van der Waals surface area (Å²) in [5.74, 6) is -0.228. The number of carbonyl (C=O) groups excluding carboxylic acids is 2. The Bertz CT molecular complexity index is 1220. The van der Waals surface area contributed by atoms with Gasteiger partial charge in [0, 0.05) is 46.6 Å². The van der Waals surface area contributed by atoms with Crippen LogP contribution in [0.1, 0.15) is 20.7 Å². The average molecular weight is 605 g/mol. The van der Waals surface area contributed by atoms with Crippen molar-refractivity contribution in [2.45, 2.75) is 0 Å². The summed E-state index contributed by atoms with van der Waals surface area (Å²) < 4.78 is 0.969. The van der Waals surface area contributed by atoms with E-state index in [1.54, 1.807) is 18.2 Å². The fraction of sp³-hybridized carbons (Fsp3) is 0.160. The van der Waals surface area contributed by atoms with Gasteiger partial charge in [0.05, 0.1) is 10.7 Å². The maximum absolute atomic E-state index is 12.7. The lowest BCUT2D eigenvalue weighted by Crippen LogP contribution is -2.48. The second-order valence-corrected chi connectivity index (χ2v) is 9.79. The Labute approximate surface area is 222 Å². The molecule has 2 N–H and O–H groups in total. The molecule has 3 aromatic carbocycles. The number of benzene rings is 3. The summed E-state index contributed by atoms with van der Waals surface area (Å²) in [6, 6.07) is 22.2. The zero-order valence-corrected chi connectivity index (χ0v) is 21.9. The van der Waals surface area contributed by atoms with Crippen LogP contribution in [0, 0.1) is 3.57 Å². The van der Waals surface area contributed by atoms with Crippen LogP contribution in [0.5, 0.6) is 0 Å². The van der Waals surface area contributed by atoms with Gasteiger partial charge in [-0.05, 0) is 83.3 Å². The van der Waals surface area contributed by atoms with Crippen LogP contribution in [0.15, 0.2) is 72.8 Å². The Hall–Kier alpha value is -2.69. The maximum atomic E-state index is 12.7. The summed E-state index contributed by atoms with van der Waals surface area (Å²) in [5.41, 5.74) is 2.82. The number of rotatable bonds is 4. The fourth-order valence-corrected chi connectivity index (χ4v) is 4.78. The Morgan fingerprint density at radius 1 is 0.882 bits per heavy atom. The van der Waals surface area contributed by atoms with Crippen molar-refractivity contribution in [3.8, 4) is 0 Å². The standard InChI is InChI=1S/C25H22ClIN4O2S/c26-21-16-20(28-25(34)29-23(32)18-7-4-8-19(27)15-18)9-10-22(21)30-11-13-31(14-12-30)24(33)17-5-2-1-3-6-17/h1-10,15-16H,11-14H2,(H2,28,29,32,34). The highest BCUT2D eigenvalue weighted by Crippen LogP contribution is 2.30. The lowest BCUT2D eigenvalue weighted by Gasteiger charge is -2.36. The molecule has 1 aliphatic heterocycles. The molecule has 0 unspecified atom stereocenters. The number of anilines is 2. The Balaban J connectivity index is 1.33.